The zero-order valence-corrected chi connectivity index (χ0v) is 10.1. The van der Waals surface area contributed by atoms with Gasteiger partial charge in [0, 0.05) is 13.2 Å². The van der Waals surface area contributed by atoms with Gasteiger partial charge in [0.25, 0.3) is 5.91 Å². The summed E-state index contributed by atoms with van der Waals surface area (Å²) in [6, 6.07) is 3.54. The fourth-order valence-corrected chi connectivity index (χ4v) is 2.02. The van der Waals surface area contributed by atoms with E-state index < -0.39 is 23.1 Å². The van der Waals surface area contributed by atoms with E-state index in [0.29, 0.717) is 13.2 Å². The fourth-order valence-electron chi connectivity index (χ4n) is 2.02. The van der Waals surface area contributed by atoms with E-state index in [1.54, 1.807) is 0 Å². The largest absolute Gasteiger partial charge is 0.373 e. The molecule has 1 atom stereocenters. The number of benzene rings is 1. The van der Waals surface area contributed by atoms with Crippen molar-refractivity contribution in [3.05, 3.63) is 35.4 Å². The van der Waals surface area contributed by atoms with Gasteiger partial charge < -0.3 is 10.1 Å². The molecule has 3 nitrogen and oxygen atoms in total. The lowest BCUT2D eigenvalue weighted by atomic mass is 10.0. The minimum absolute atomic E-state index is 0.281. The maximum absolute atomic E-state index is 13.4. The molecule has 0 saturated carbocycles. The minimum atomic E-state index is -1.12. The number of ether oxygens (including phenoxy) is 1. The SMILES string of the molecule is CC1(CNC(=O)c2cccc(F)c2F)CCCO1. The third-order valence-corrected chi connectivity index (χ3v) is 3.12. The number of halogens is 2. The van der Waals surface area contributed by atoms with E-state index in [0.717, 1.165) is 18.9 Å². The number of carbonyl (C=O) groups excluding carboxylic acids is 1. The summed E-state index contributed by atoms with van der Waals surface area (Å²) < 4.78 is 31.9. The van der Waals surface area contributed by atoms with E-state index in [1.807, 2.05) is 6.92 Å². The first-order chi connectivity index (χ1) is 8.52. The van der Waals surface area contributed by atoms with E-state index >= 15 is 0 Å². The van der Waals surface area contributed by atoms with Crippen molar-refractivity contribution in [3.8, 4) is 0 Å². The molecule has 18 heavy (non-hydrogen) atoms. The molecule has 1 heterocycles. The van der Waals surface area contributed by atoms with E-state index in [4.69, 9.17) is 4.74 Å². The van der Waals surface area contributed by atoms with Crippen LogP contribution in [0, 0.1) is 11.6 Å². The molecule has 1 fully saturated rings. The molecule has 1 unspecified atom stereocenters. The van der Waals surface area contributed by atoms with Crippen molar-refractivity contribution in [1.82, 2.24) is 5.32 Å². The number of hydrogen-bond acceptors (Lipinski definition) is 2. The number of carbonyl (C=O) groups is 1. The molecular weight excluding hydrogens is 240 g/mol. The summed E-state index contributed by atoms with van der Waals surface area (Å²) in [5, 5.41) is 2.58. The Bertz CT molecular complexity index is 456. The third kappa shape index (κ3) is 2.67. The molecule has 1 aliphatic rings. The molecule has 1 amide bonds. The molecule has 1 N–H and O–H groups in total. The first-order valence-electron chi connectivity index (χ1n) is 5.88. The lowest BCUT2D eigenvalue weighted by molar-refractivity contribution is 0.0205. The van der Waals surface area contributed by atoms with Crippen molar-refractivity contribution in [2.45, 2.75) is 25.4 Å². The molecule has 1 aromatic rings. The van der Waals surface area contributed by atoms with Gasteiger partial charge in [0.1, 0.15) is 0 Å². The molecule has 1 saturated heterocycles. The van der Waals surface area contributed by atoms with Gasteiger partial charge in [-0.1, -0.05) is 6.07 Å². The summed E-state index contributed by atoms with van der Waals surface area (Å²) in [4.78, 5) is 11.7. The summed E-state index contributed by atoms with van der Waals surface area (Å²) in [6.07, 6.45) is 1.79. The standard InChI is InChI=1S/C13H15F2NO2/c1-13(6-3-7-18-13)8-16-12(17)9-4-2-5-10(14)11(9)15/h2,4-5H,3,6-8H2,1H3,(H,16,17). The molecule has 0 aromatic heterocycles. The normalized spacial score (nSPS) is 23.1. The van der Waals surface area contributed by atoms with Crippen LogP contribution in [0.4, 0.5) is 8.78 Å². The highest BCUT2D eigenvalue weighted by Crippen LogP contribution is 2.24. The second kappa shape index (κ2) is 5.02. The zero-order valence-electron chi connectivity index (χ0n) is 10.1. The van der Waals surface area contributed by atoms with Crippen LogP contribution in [0.1, 0.15) is 30.1 Å². The summed E-state index contributed by atoms with van der Waals surface area (Å²) in [5.74, 6) is -2.76. The molecule has 0 radical (unpaired) electrons. The van der Waals surface area contributed by atoms with Gasteiger partial charge in [-0.2, -0.15) is 0 Å². The maximum Gasteiger partial charge on any atom is 0.254 e. The van der Waals surface area contributed by atoms with Crippen LogP contribution in [0.5, 0.6) is 0 Å². The van der Waals surface area contributed by atoms with E-state index in [1.165, 1.54) is 12.1 Å². The topological polar surface area (TPSA) is 38.3 Å². The number of hydrogen-bond donors (Lipinski definition) is 1. The van der Waals surface area contributed by atoms with Gasteiger partial charge in [-0.25, -0.2) is 8.78 Å². The van der Waals surface area contributed by atoms with Gasteiger partial charge in [-0.05, 0) is 31.9 Å². The van der Waals surface area contributed by atoms with Crippen molar-refractivity contribution in [3.63, 3.8) is 0 Å². The Morgan fingerprint density at radius 3 is 2.94 bits per heavy atom. The van der Waals surface area contributed by atoms with Crippen molar-refractivity contribution in [2.24, 2.45) is 0 Å². The number of amides is 1. The number of nitrogens with one attached hydrogen (secondary N) is 1. The average Bonchev–Trinajstić information content (AvgIpc) is 2.77. The minimum Gasteiger partial charge on any atom is -0.373 e. The van der Waals surface area contributed by atoms with Crippen molar-refractivity contribution in [1.29, 1.82) is 0 Å². The summed E-state index contributed by atoms with van der Waals surface area (Å²) in [7, 11) is 0. The Balaban J connectivity index is 2.01. The molecule has 2 rings (SSSR count). The molecule has 1 aliphatic heterocycles. The Hall–Kier alpha value is -1.49. The molecule has 5 heteroatoms. The van der Waals surface area contributed by atoms with Crippen LogP contribution in [-0.4, -0.2) is 24.7 Å². The number of rotatable bonds is 3. The maximum atomic E-state index is 13.4. The predicted molar refractivity (Wildman–Crippen MR) is 62.3 cm³/mol. The van der Waals surface area contributed by atoms with Gasteiger partial charge >= 0.3 is 0 Å². The summed E-state index contributed by atoms with van der Waals surface area (Å²) in [6.45, 7) is 2.85. The van der Waals surface area contributed by atoms with Crippen LogP contribution < -0.4 is 5.32 Å². The highest BCUT2D eigenvalue weighted by Gasteiger charge is 2.30. The molecule has 0 aliphatic carbocycles. The zero-order chi connectivity index (χ0) is 13.2. The monoisotopic (exact) mass is 255 g/mol. The molecular formula is C13H15F2NO2. The first-order valence-corrected chi connectivity index (χ1v) is 5.88. The van der Waals surface area contributed by atoms with Crippen LogP contribution in [0.2, 0.25) is 0 Å². The third-order valence-electron chi connectivity index (χ3n) is 3.12. The Kier molecular flexibility index (Phi) is 3.61. The van der Waals surface area contributed by atoms with Crippen LogP contribution in [0.3, 0.4) is 0 Å². The molecule has 1 aromatic carbocycles. The average molecular weight is 255 g/mol. The van der Waals surface area contributed by atoms with Crippen LogP contribution in [0.15, 0.2) is 18.2 Å². The van der Waals surface area contributed by atoms with E-state index in [9.17, 15) is 13.6 Å². The highest BCUT2D eigenvalue weighted by atomic mass is 19.2. The van der Waals surface area contributed by atoms with E-state index in [2.05, 4.69) is 5.32 Å². The quantitative estimate of drug-likeness (QED) is 0.899. The van der Waals surface area contributed by atoms with Gasteiger partial charge in [0.05, 0.1) is 11.2 Å². The van der Waals surface area contributed by atoms with Crippen molar-refractivity contribution < 1.29 is 18.3 Å². The smallest absolute Gasteiger partial charge is 0.254 e. The lowest BCUT2D eigenvalue weighted by Crippen LogP contribution is -2.40. The molecule has 0 spiro atoms. The van der Waals surface area contributed by atoms with Gasteiger partial charge in [-0.15, -0.1) is 0 Å². The lowest BCUT2D eigenvalue weighted by Gasteiger charge is -2.23. The summed E-state index contributed by atoms with van der Waals surface area (Å²) in [5.41, 5.74) is -0.684. The first kappa shape index (κ1) is 13.0. The Morgan fingerprint density at radius 1 is 1.50 bits per heavy atom. The fraction of sp³-hybridized carbons (Fsp3) is 0.462. The Labute approximate surface area is 104 Å². The molecule has 0 bridgehead atoms. The van der Waals surface area contributed by atoms with Crippen LogP contribution >= 0.6 is 0 Å². The van der Waals surface area contributed by atoms with Gasteiger partial charge in [-0.3, -0.25) is 4.79 Å². The van der Waals surface area contributed by atoms with Gasteiger partial charge in [0.2, 0.25) is 0 Å². The summed E-state index contributed by atoms with van der Waals surface area (Å²) >= 11 is 0. The second-order valence-electron chi connectivity index (χ2n) is 4.69. The van der Waals surface area contributed by atoms with E-state index in [-0.39, 0.29) is 5.56 Å². The Morgan fingerprint density at radius 2 is 2.28 bits per heavy atom. The van der Waals surface area contributed by atoms with Gasteiger partial charge in [0.15, 0.2) is 11.6 Å². The van der Waals surface area contributed by atoms with Crippen molar-refractivity contribution in [2.75, 3.05) is 13.2 Å². The van der Waals surface area contributed by atoms with Crippen LogP contribution in [0.25, 0.3) is 0 Å². The second-order valence-corrected chi connectivity index (χ2v) is 4.69. The molecule has 98 valence electrons. The highest BCUT2D eigenvalue weighted by molar-refractivity contribution is 5.94. The predicted octanol–water partition coefficient (Wildman–Crippen LogP) is 2.26. The van der Waals surface area contributed by atoms with Crippen LogP contribution in [-0.2, 0) is 4.74 Å². The van der Waals surface area contributed by atoms with Crippen molar-refractivity contribution >= 4 is 5.91 Å².